The van der Waals surface area contributed by atoms with Crippen LogP contribution >= 0.6 is 23.2 Å². The molecular weight excluding hydrogens is 407 g/mol. The van der Waals surface area contributed by atoms with Gasteiger partial charge in [0.2, 0.25) is 11.8 Å². The lowest BCUT2D eigenvalue weighted by atomic mass is 10.1. The van der Waals surface area contributed by atoms with E-state index in [1.165, 1.54) is 5.56 Å². The summed E-state index contributed by atoms with van der Waals surface area (Å²) in [5.74, 6) is 0.622. The van der Waals surface area contributed by atoms with Crippen molar-refractivity contribution in [1.82, 2.24) is 10.2 Å². The number of halogens is 2. The second-order valence-corrected chi connectivity index (χ2v) is 8.83. The molecule has 2 aliphatic rings. The summed E-state index contributed by atoms with van der Waals surface area (Å²) in [6.07, 6.45) is 2.20. The Morgan fingerprint density at radius 3 is 2.66 bits per heavy atom. The Morgan fingerprint density at radius 2 is 1.90 bits per heavy atom. The second-order valence-electron chi connectivity index (χ2n) is 8.01. The third-order valence-electron chi connectivity index (χ3n) is 5.87. The number of nitrogens with one attached hydrogen (secondary N) is 1. The lowest BCUT2D eigenvalue weighted by molar-refractivity contribution is -0.127. The molecule has 0 radical (unpaired) electrons. The molecule has 1 saturated heterocycles. The number of carbonyl (C=O) groups excluding carboxylic acids is 2. The van der Waals surface area contributed by atoms with Gasteiger partial charge in [-0.15, -0.1) is 0 Å². The molecule has 1 saturated carbocycles. The molecular formula is C23H24Cl2N2O2. The molecule has 0 aromatic heterocycles. The maximum absolute atomic E-state index is 12.5. The van der Waals surface area contributed by atoms with Gasteiger partial charge in [0.15, 0.2) is 0 Å². The zero-order valence-electron chi connectivity index (χ0n) is 16.1. The van der Waals surface area contributed by atoms with Gasteiger partial charge in [0.1, 0.15) is 0 Å². The van der Waals surface area contributed by atoms with Crippen LogP contribution in [0.4, 0.5) is 0 Å². The number of amides is 2. The normalized spacial score (nSPS) is 23.3. The molecule has 152 valence electrons. The van der Waals surface area contributed by atoms with Gasteiger partial charge in [0.05, 0.1) is 10.0 Å². The molecule has 0 spiro atoms. The van der Waals surface area contributed by atoms with E-state index in [2.05, 4.69) is 17.4 Å². The highest BCUT2D eigenvalue weighted by molar-refractivity contribution is 6.42. The maximum atomic E-state index is 12.5. The van der Waals surface area contributed by atoms with Gasteiger partial charge in [-0.1, -0.05) is 59.6 Å². The lowest BCUT2D eigenvalue weighted by Gasteiger charge is -2.17. The van der Waals surface area contributed by atoms with Gasteiger partial charge in [-0.3, -0.25) is 9.59 Å². The Labute approximate surface area is 181 Å². The minimum atomic E-state index is -0.0152. The first-order valence-corrected chi connectivity index (χ1v) is 10.8. The Hall–Kier alpha value is -2.04. The molecule has 4 nitrogen and oxygen atoms in total. The van der Waals surface area contributed by atoms with Crippen LogP contribution in [0.5, 0.6) is 0 Å². The average molecular weight is 431 g/mol. The number of nitrogens with zero attached hydrogens (tertiary/aromatic N) is 1. The Balaban J connectivity index is 1.22. The van der Waals surface area contributed by atoms with Crippen molar-refractivity contribution >= 4 is 35.0 Å². The summed E-state index contributed by atoms with van der Waals surface area (Å²) in [4.78, 5) is 26.7. The number of rotatable bonds is 7. The van der Waals surface area contributed by atoms with Gasteiger partial charge < -0.3 is 10.2 Å². The van der Waals surface area contributed by atoms with Gasteiger partial charge >= 0.3 is 0 Å². The molecule has 2 aromatic carbocycles. The van der Waals surface area contributed by atoms with Gasteiger partial charge in [-0.2, -0.15) is 0 Å². The summed E-state index contributed by atoms with van der Waals surface area (Å²) in [7, 11) is 0. The van der Waals surface area contributed by atoms with Gasteiger partial charge in [-0.05, 0) is 42.0 Å². The fourth-order valence-corrected chi connectivity index (χ4v) is 4.39. The summed E-state index contributed by atoms with van der Waals surface area (Å²) in [6.45, 7) is 2.00. The molecule has 2 aromatic rings. The van der Waals surface area contributed by atoms with Crippen molar-refractivity contribution in [1.29, 1.82) is 0 Å². The summed E-state index contributed by atoms with van der Waals surface area (Å²) >= 11 is 12.0. The van der Waals surface area contributed by atoms with Crippen LogP contribution in [0.1, 0.15) is 29.9 Å². The van der Waals surface area contributed by atoms with Gasteiger partial charge in [0.25, 0.3) is 0 Å². The zero-order valence-corrected chi connectivity index (χ0v) is 17.6. The van der Waals surface area contributed by atoms with E-state index in [-0.39, 0.29) is 29.6 Å². The summed E-state index contributed by atoms with van der Waals surface area (Å²) < 4.78 is 0. The highest BCUT2D eigenvalue weighted by Crippen LogP contribution is 2.48. The van der Waals surface area contributed by atoms with Crippen molar-refractivity contribution in [3.8, 4) is 0 Å². The molecule has 1 N–H and O–H groups in total. The zero-order chi connectivity index (χ0) is 20.4. The van der Waals surface area contributed by atoms with Crippen LogP contribution in [0.2, 0.25) is 10.0 Å². The summed E-state index contributed by atoms with van der Waals surface area (Å²) in [5, 5.41) is 4.10. The Kier molecular flexibility index (Phi) is 6.12. The first-order valence-electron chi connectivity index (χ1n) is 10.1. The van der Waals surface area contributed by atoms with Crippen molar-refractivity contribution in [2.24, 2.45) is 11.8 Å². The predicted molar refractivity (Wildman–Crippen MR) is 115 cm³/mol. The first kappa shape index (κ1) is 20.2. The molecule has 0 unspecified atom stereocenters. The number of carbonyl (C=O) groups is 2. The molecule has 2 amide bonds. The van der Waals surface area contributed by atoms with E-state index in [0.29, 0.717) is 29.6 Å². The summed E-state index contributed by atoms with van der Waals surface area (Å²) in [5.41, 5.74) is 2.29. The molecule has 6 heteroatoms. The minimum absolute atomic E-state index is 0.0152. The smallest absolute Gasteiger partial charge is 0.223 e. The van der Waals surface area contributed by atoms with Crippen LogP contribution in [-0.4, -0.2) is 36.3 Å². The predicted octanol–water partition coefficient (Wildman–Crippen LogP) is 4.30. The lowest BCUT2D eigenvalue weighted by Crippen LogP contribution is -2.33. The third kappa shape index (κ3) is 4.93. The second kappa shape index (κ2) is 8.76. The highest BCUT2D eigenvalue weighted by atomic mass is 35.5. The maximum Gasteiger partial charge on any atom is 0.223 e. The van der Waals surface area contributed by atoms with Gasteiger partial charge in [0, 0.05) is 37.9 Å². The number of hydrogen-bond donors (Lipinski definition) is 1. The molecule has 1 aliphatic heterocycles. The van der Waals surface area contributed by atoms with E-state index in [1.807, 2.05) is 35.2 Å². The van der Waals surface area contributed by atoms with Crippen molar-refractivity contribution in [3.63, 3.8) is 0 Å². The van der Waals surface area contributed by atoms with E-state index in [0.717, 1.165) is 24.9 Å². The van der Waals surface area contributed by atoms with Gasteiger partial charge in [-0.25, -0.2) is 0 Å². The van der Waals surface area contributed by atoms with E-state index >= 15 is 0 Å². The van der Waals surface area contributed by atoms with Crippen LogP contribution in [-0.2, 0) is 16.0 Å². The average Bonchev–Trinajstić information content (AvgIpc) is 3.45. The number of likely N-dealkylation sites (tertiary alicyclic amines) is 1. The van der Waals surface area contributed by atoms with Crippen molar-refractivity contribution in [2.45, 2.75) is 25.2 Å². The molecule has 1 heterocycles. The van der Waals surface area contributed by atoms with E-state index in [9.17, 15) is 9.59 Å². The quantitative estimate of drug-likeness (QED) is 0.711. The molecule has 2 fully saturated rings. The fourth-order valence-electron chi connectivity index (χ4n) is 4.09. The fraction of sp³-hybridized carbons (Fsp3) is 0.391. The van der Waals surface area contributed by atoms with Crippen LogP contribution < -0.4 is 5.32 Å². The largest absolute Gasteiger partial charge is 0.355 e. The minimum Gasteiger partial charge on any atom is -0.355 e. The van der Waals surface area contributed by atoms with Crippen LogP contribution in [0.3, 0.4) is 0 Å². The molecule has 29 heavy (non-hydrogen) atoms. The van der Waals surface area contributed by atoms with Crippen LogP contribution in [0, 0.1) is 11.8 Å². The van der Waals surface area contributed by atoms with Crippen molar-refractivity contribution in [3.05, 3.63) is 69.7 Å². The van der Waals surface area contributed by atoms with Crippen molar-refractivity contribution < 1.29 is 9.59 Å². The Morgan fingerprint density at radius 1 is 1.10 bits per heavy atom. The molecule has 1 aliphatic carbocycles. The third-order valence-corrected chi connectivity index (χ3v) is 6.61. The first-order chi connectivity index (χ1) is 14.0. The molecule has 3 atom stereocenters. The highest BCUT2D eigenvalue weighted by Gasteiger charge is 2.44. The SMILES string of the molecule is O=C(NC[C@@H]1CC(=O)N(CCc2ccccc2)C1)[C@H]1C[C@@H]1c1ccc(Cl)c(Cl)c1. The van der Waals surface area contributed by atoms with E-state index in [4.69, 9.17) is 23.2 Å². The molecule has 0 bridgehead atoms. The van der Waals surface area contributed by atoms with E-state index in [1.54, 1.807) is 6.07 Å². The Bertz CT molecular complexity index is 903. The van der Waals surface area contributed by atoms with Crippen LogP contribution in [0.25, 0.3) is 0 Å². The summed E-state index contributed by atoms with van der Waals surface area (Å²) in [6, 6.07) is 15.8. The molecule has 4 rings (SSSR count). The standard InChI is InChI=1S/C23H24Cl2N2O2/c24-20-7-6-17(11-21(20)25)18-12-19(18)23(29)26-13-16-10-22(28)27(14-16)9-8-15-4-2-1-3-5-15/h1-7,11,16,18-19H,8-10,12-14H2,(H,26,29)/t16-,18+,19-/m0/s1. The van der Waals surface area contributed by atoms with Crippen LogP contribution in [0.15, 0.2) is 48.5 Å². The number of benzene rings is 2. The van der Waals surface area contributed by atoms with E-state index < -0.39 is 0 Å². The number of hydrogen-bond acceptors (Lipinski definition) is 2. The topological polar surface area (TPSA) is 49.4 Å². The monoisotopic (exact) mass is 430 g/mol. The van der Waals surface area contributed by atoms with Crippen molar-refractivity contribution in [2.75, 3.05) is 19.6 Å².